The largest absolute Gasteiger partial charge is 0.453 e. The van der Waals surface area contributed by atoms with E-state index in [0.29, 0.717) is 13.1 Å². The number of aromatic amines is 2. The van der Waals surface area contributed by atoms with Crippen molar-refractivity contribution in [1.29, 1.82) is 0 Å². The molecule has 14 nitrogen and oxygen atoms in total. The number of amides is 4. The molecule has 4 amide bonds. The molecule has 5 heterocycles. The van der Waals surface area contributed by atoms with Crippen LogP contribution in [0.3, 0.4) is 0 Å². The van der Waals surface area contributed by atoms with Crippen LogP contribution in [0.1, 0.15) is 77.1 Å². The number of likely N-dealkylation sites (tertiary alicyclic amines) is 2. The van der Waals surface area contributed by atoms with Crippen LogP contribution in [-0.2, 0) is 19.1 Å². The van der Waals surface area contributed by atoms with E-state index < -0.39 is 24.3 Å². The number of hydrogen-bond acceptors (Lipinski definition) is 9. The highest BCUT2D eigenvalue weighted by molar-refractivity contribution is 7.22. The first-order valence-electron chi connectivity index (χ1n) is 19.5. The first-order valence-corrected chi connectivity index (χ1v) is 20.3. The molecule has 0 spiro atoms. The maximum Gasteiger partial charge on any atom is 0.407 e. The predicted octanol–water partition coefficient (Wildman–Crippen LogP) is 7.44. The molecule has 0 bridgehead atoms. The van der Waals surface area contributed by atoms with E-state index in [4.69, 9.17) is 14.5 Å². The van der Waals surface area contributed by atoms with Gasteiger partial charge in [0.25, 0.3) is 0 Å². The zero-order valence-electron chi connectivity index (χ0n) is 33.1. The third-order valence-corrected chi connectivity index (χ3v) is 12.1. The molecule has 0 aliphatic carbocycles. The molecule has 2 aliphatic rings. The van der Waals surface area contributed by atoms with Crippen LogP contribution in [0.2, 0.25) is 0 Å². The number of thiophene rings is 1. The second-order valence-corrected chi connectivity index (χ2v) is 16.5. The summed E-state index contributed by atoms with van der Waals surface area (Å²) in [6, 6.07) is 15.2. The number of carbonyl (C=O) groups is 4. The van der Waals surface area contributed by atoms with Gasteiger partial charge in [-0.2, -0.15) is 0 Å². The van der Waals surface area contributed by atoms with E-state index in [1.54, 1.807) is 11.3 Å². The van der Waals surface area contributed by atoms with Crippen LogP contribution in [0.4, 0.5) is 9.59 Å². The number of fused-ring (bicyclic) bond motifs is 1. The van der Waals surface area contributed by atoms with Gasteiger partial charge in [-0.25, -0.2) is 19.6 Å². The Labute approximate surface area is 335 Å². The molecular weight excluding hydrogens is 745 g/mol. The Morgan fingerprint density at radius 2 is 1.18 bits per heavy atom. The summed E-state index contributed by atoms with van der Waals surface area (Å²) in [6.07, 6.45) is 5.66. The van der Waals surface area contributed by atoms with Gasteiger partial charge in [0, 0.05) is 28.2 Å². The molecule has 0 radical (unpaired) electrons. The van der Waals surface area contributed by atoms with E-state index in [2.05, 4.69) is 74.1 Å². The van der Waals surface area contributed by atoms with Crippen molar-refractivity contribution in [2.45, 2.75) is 77.5 Å². The first kappa shape index (κ1) is 39.5. The second kappa shape index (κ2) is 16.8. The molecule has 1 unspecified atom stereocenters. The lowest BCUT2D eigenvalue weighted by atomic mass is 10.0. The zero-order valence-corrected chi connectivity index (χ0v) is 33.9. The first-order chi connectivity index (χ1) is 27.4. The highest BCUT2D eigenvalue weighted by Crippen LogP contribution is 2.38. The van der Waals surface area contributed by atoms with Gasteiger partial charge in [0.15, 0.2) is 0 Å². The van der Waals surface area contributed by atoms with Gasteiger partial charge >= 0.3 is 12.2 Å². The van der Waals surface area contributed by atoms with Gasteiger partial charge in [0.2, 0.25) is 11.8 Å². The van der Waals surface area contributed by atoms with Crippen molar-refractivity contribution in [3.05, 3.63) is 72.6 Å². The number of carbonyl (C=O) groups excluding carboxylic acids is 4. The third-order valence-electron chi connectivity index (χ3n) is 11.0. The van der Waals surface area contributed by atoms with Gasteiger partial charge in [-0.1, -0.05) is 64.1 Å². The van der Waals surface area contributed by atoms with Crippen molar-refractivity contribution < 1.29 is 28.7 Å². The van der Waals surface area contributed by atoms with Gasteiger partial charge in [-0.05, 0) is 66.2 Å². The number of benzene rings is 2. The van der Waals surface area contributed by atoms with Gasteiger partial charge < -0.3 is 39.9 Å². The number of nitrogens with one attached hydrogen (secondary N) is 4. The highest BCUT2D eigenvalue weighted by atomic mass is 32.1. The fraction of sp³-hybridized carbons (Fsp3) is 0.429. The topological polar surface area (TPSA) is 175 Å². The Bertz CT molecular complexity index is 2240. The summed E-state index contributed by atoms with van der Waals surface area (Å²) < 4.78 is 10.7. The lowest BCUT2D eigenvalue weighted by Gasteiger charge is -2.30. The van der Waals surface area contributed by atoms with Crippen LogP contribution in [0.25, 0.3) is 43.0 Å². The quantitative estimate of drug-likeness (QED) is 0.107. The molecular formula is C42H50N8O6S. The number of nitrogens with zero attached hydrogens (tertiary/aromatic N) is 4. The van der Waals surface area contributed by atoms with Crippen LogP contribution in [-0.4, -0.2) is 93.1 Å². The summed E-state index contributed by atoms with van der Waals surface area (Å²) in [5.74, 6) is 0.976. The molecule has 15 heteroatoms. The van der Waals surface area contributed by atoms with E-state index in [1.165, 1.54) is 14.2 Å². The van der Waals surface area contributed by atoms with Gasteiger partial charge in [0.05, 0.1) is 50.1 Å². The number of alkyl carbamates (subject to hydrolysis) is 2. The SMILES string of the molecule is COC(=O)N[C@H](C(=O)N1CCCC1c1ncc(-c2ccc(-c3cc4ccc(-c5cnc([C@@H]6CCCN6C(=O)[C@@H](NC(=O)OC)C(C)C)[nH]5)cc4s3)cc2)[nH]1)C(C)C. The Balaban J connectivity index is 1.03. The van der Waals surface area contributed by atoms with Gasteiger partial charge in [-0.3, -0.25) is 9.59 Å². The number of H-pyrrole nitrogens is 2. The summed E-state index contributed by atoms with van der Waals surface area (Å²) in [7, 11) is 2.58. The van der Waals surface area contributed by atoms with Crippen molar-refractivity contribution in [3.63, 3.8) is 0 Å². The standard InChI is InChI=1S/C42H50N8O6S/c1-23(2)35(47-41(53)55-5)39(51)49-17-7-9-31(49)37-43-21-29(45-37)25-11-13-26(14-12-25)33-20-28-16-15-27(19-34(28)57-33)30-22-44-38(46-30)32-10-8-18-50(32)40(52)36(24(3)4)48-42(54)56-6/h11-16,19-24,31-32,35-36H,7-10,17-18H2,1-6H3,(H,43,45)(H,44,46)(H,47,53)(H,48,54)/t31?,32-,35-,36-/m0/s1. The van der Waals surface area contributed by atoms with Crippen molar-refractivity contribution >= 4 is 45.4 Å². The molecule has 2 aliphatic heterocycles. The Hall–Kier alpha value is -5.70. The molecule has 2 aromatic carbocycles. The Morgan fingerprint density at radius 1 is 0.702 bits per heavy atom. The maximum atomic E-state index is 13.6. The maximum absolute atomic E-state index is 13.6. The lowest BCUT2D eigenvalue weighted by molar-refractivity contribution is -0.136. The predicted molar refractivity (Wildman–Crippen MR) is 218 cm³/mol. The van der Waals surface area contributed by atoms with Crippen LogP contribution >= 0.6 is 11.3 Å². The Kier molecular flexibility index (Phi) is 11.7. The summed E-state index contributed by atoms with van der Waals surface area (Å²) in [5.41, 5.74) is 4.83. The smallest absolute Gasteiger partial charge is 0.407 e. The fourth-order valence-corrected chi connectivity index (χ4v) is 8.95. The zero-order chi connectivity index (χ0) is 40.4. The average molecular weight is 795 g/mol. The minimum absolute atomic E-state index is 0.104. The minimum Gasteiger partial charge on any atom is -0.453 e. The molecule has 300 valence electrons. The number of methoxy groups -OCH3 is 2. The summed E-state index contributed by atoms with van der Waals surface area (Å²) in [6.45, 7) is 8.81. The van der Waals surface area contributed by atoms with Crippen molar-refractivity contribution in [1.82, 2.24) is 40.4 Å². The monoisotopic (exact) mass is 794 g/mol. The summed E-state index contributed by atoms with van der Waals surface area (Å²) in [4.78, 5) is 72.2. The van der Waals surface area contributed by atoms with Crippen LogP contribution in [0.5, 0.6) is 0 Å². The van der Waals surface area contributed by atoms with E-state index in [-0.39, 0.29) is 35.7 Å². The van der Waals surface area contributed by atoms with Gasteiger partial charge in [0.1, 0.15) is 23.7 Å². The normalized spacial score (nSPS) is 18.0. The van der Waals surface area contributed by atoms with Crippen molar-refractivity contribution in [3.8, 4) is 33.0 Å². The summed E-state index contributed by atoms with van der Waals surface area (Å²) >= 11 is 1.72. The van der Waals surface area contributed by atoms with E-state index in [9.17, 15) is 19.2 Å². The molecule has 2 saturated heterocycles. The second-order valence-electron chi connectivity index (χ2n) is 15.4. The molecule has 5 aromatic rings. The molecule has 0 saturated carbocycles. The number of imidazole rings is 2. The van der Waals surface area contributed by atoms with Crippen LogP contribution in [0.15, 0.2) is 60.9 Å². The summed E-state index contributed by atoms with van der Waals surface area (Å²) in [5, 5.41) is 6.55. The van der Waals surface area contributed by atoms with Crippen molar-refractivity contribution in [2.75, 3.05) is 27.3 Å². The van der Waals surface area contributed by atoms with E-state index in [0.717, 1.165) is 80.4 Å². The molecule has 57 heavy (non-hydrogen) atoms. The Morgan fingerprint density at radius 3 is 1.67 bits per heavy atom. The van der Waals surface area contributed by atoms with Gasteiger partial charge in [-0.15, -0.1) is 11.3 Å². The molecule has 7 rings (SSSR count). The average Bonchev–Trinajstić information content (AvgIpc) is 4.06. The molecule has 3 aromatic heterocycles. The number of hydrogen-bond donors (Lipinski definition) is 4. The van der Waals surface area contributed by atoms with Crippen molar-refractivity contribution in [2.24, 2.45) is 11.8 Å². The number of ether oxygens (including phenoxy) is 2. The van der Waals surface area contributed by atoms with Crippen LogP contribution in [0, 0.1) is 11.8 Å². The molecule has 2 fully saturated rings. The van der Waals surface area contributed by atoms with E-state index >= 15 is 0 Å². The fourth-order valence-electron chi connectivity index (χ4n) is 7.85. The van der Waals surface area contributed by atoms with E-state index in [1.807, 2.05) is 49.9 Å². The minimum atomic E-state index is -0.688. The number of aromatic nitrogens is 4. The molecule has 4 atom stereocenters. The lowest BCUT2D eigenvalue weighted by Crippen LogP contribution is -2.51. The molecule has 4 N–H and O–H groups in total. The third kappa shape index (κ3) is 8.24. The highest BCUT2D eigenvalue weighted by Gasteiger charge is 2.39. The number of rotatable bonds is 11. The van der Waals surface area contributed by atoms with Crippen LogP contribution < -0.4 is 10.6 Å².